The largest absolute Gasteiger partial charge is 0.380 e. The SMILES string of the molecule is CCNS(=O)(=O)c1ccc(NC2CCOC2C)cc1. The number of hydrogen-bond acceptors (Lipinski definition) is 4. The van der Waals surface area contributed by atoms with Crippen molar-refractivity contribution in [3.05, 3.63) is 24.3 Å². The van der Waals surface area contributed by atoms with E-state index in [1.807, 2.05) is 6.92 Å². The van der Waals surface area contributed by atoms with Crippen molar-refractivity contribution < 1.29 is 13.2 Å². The number of rotatable bonds is 5. The Balaban J connectivity index is 2.06. The first-order valence-corrected chi connectivity index (χ1v) is 7.99. The van der Waals surface area contributed by atoms with Crippen LogP contribution in [0.4, 0.5) is 5.69 Å². The van der Waals surface area contributed by atoms with Crippen molar-refractivity contribution in [1.29, 1.82) is 0 Å². The van der Waals surface area contributed by atoms with Crippen molar-refractivity contribution in [2.75, 3.05) is 18.5 Å². The van der Waals surface area contributed by atoms with Gasteiger partial charge in [-0.1, -0.05) is 6.92 Å². The molecule has 1 fully saturated rings. The van der Waals surface area contributed by atoms with E-state index in [-0.39, 0.29) is 17.0 Å². The van der Waals surface area contributed by atoms with Gasteiger partial charge in [-0.2, -0.15) is 0 Å². The van der Waals surface area contributed by atoms with E-state index < -0.39 is 10.0 Å². The second kappa shape index (κ2) is 5.90. The summed E-state index contributed by atoms with van der Waals surface area (Å²) in [6, 6.07) is 7.09. The van der Waals surface area contributed by atoms with Gasteiger partial charge in [0.2, 0.25) is 10.0 Å². The molecule has 0 saturated carbocycles. The van der Waals surface area contributed by atoms with E-state index in [1.165, 1.54) is 0 Å². The van der Waals surface area contributed by atoms with Crippen molar-refractivity contribution in [3.63, 3.8) is 0 Å². The first-order valence-electron chi connectivity index (χ1n) is 6.51. The smallest absolute Gasteiger partial charge is 0.240 e. The van der Waals surface area contributed by atoms with Crippen LogP contribution in [0.2, 0.25) is 0 Å². The van der Waals surface area contributed by atoms with E-state index in [1.54, 1.807) is 31.2 Å². The Labute approximate surface area is 114 Å². The number of sulfonamides is 1. The third-order valence-corrected chi connectivity index (χ3v) is 4.79. The van der Waals surface area contributed by atoms with Crippen LogP contribution in [0.25, 0.3) is 0 Å². The lowest BCUT2D eigenvalue weighted by Gasteiger charge is -2.17. The topological polar surface area (TPSA) is 67.4 Å². The third kappa shape index (κ3) is 3.46. The van der Waals surface area contributed by atoms with Gasteiger partial charge in [-0.15, -0.1) is 0 Å². The highest BCUT2D eigenvalue weighted by Crippen LogP contribution is 2.20. The molecule has 0 amide bonds. The summed E-state index contributed by atoms with van der Waals surface area (Å²) in [7, 11) is -3.37. The molecule has 2 rings (SSSR count). The molecule has 1 aromatic rings. The molecular formula is C13H20N2O3S. The van der Waals surface area contributed by atoms with Gasteiger partial charge < -0.3 is 10.1 Å². The maximum Gasteiger partial charge on any atom is 0.240 e. The summed E-state index contributed by atoms with van der Waals surface area (Å²) in [6.45, 7) is 4.95. The Kier molecular flexibility index (Phi) is 4.44. The van der Waals surface area contributed by atoms with Crippen LogP contribution >= 0.6 is 0 Å². The molecule has 6 heteroatoms. The molecule has 106 valence electrons. The van der Waals surface area contributed by atoms with E-state index in [9.17, 15) is 8.42 Å². The fourth-order valence-corrected chi connectivity index (χ4v) is 3.18. The standard InChI is InChI=1S/C13H20N2O3S/c1-3-14-19(16,17)12-6-4-11(5-7-12)15-13-8-9-18-10(13)2/h4-7,10,13-15H,3,8-9H2,1-2H3. The second-order valence-electron chi connectivity index (χ2n) is 4.64. The van der Waals surface area contributed by atoms with Crippen LogP contribution in [0.5, 0.6) is 0 Å². The Morgan fingerprint density at radius 3 is 2.53 bits per heavy atom. The molecule has 1 heterocycles. The van der Waals surface area contributed by atoms with Crippen LogP contribution in [0, 0.1) is 0 Å². The van der Waals surface area contributed by atoms with Gasteiger partial charge in [0.1, 0.15) is 0 Å². The molecule has 2 atom stereocenters. The summed E-state index contributed by atoms with van der Waals surface area (Å²) < 4.78 is 31.5. The zero-order valence-electron chi connectivity index (χ0n) is 11.2. The number of hydrogen-bond donors (Lipinski definition) is 2. The molecule has 0 aliphatic carbocycles. The fourth-order valence-electron chi connectivity index (χ4n) is 2.14. The molecule has 0 aromatic heterocycles. The molecule has 0 radical (unpaired) electrons. The van der Waals surface area contributed by atoms with E-state index >= 15 is 0 Å². The van der Waals surface area contributed by atoms with Crippen molar-refractivity contribution >= 4 is 15.7 Å². The lowest BCUT2D eigenvalue weighted by Crippen LogP contribution is -2.26. The lowest BCUT2D eigenvalue weighted by molar-refractivity contribution is 0.121. The summed E-state index contributed by atoms with van der Waals surface area (Å²) in [5.41, 5.74) is 0.915. The quantitative estimate of drug-likeness (QED) is 0.861. The predicted molar refractivity (Wildman–Crippen MR) is 74.7 cm³/mol. The summed E-state index contributed by atoms with van der Waals surface area (Å²) in [4.78, 5) is 0.288. The minimum absolute atomic E-state index is 0.185. The van der Waals surface area contributed by atoms with Crippen molar-refractivity contribution in [1.82, 2.24) is 4.72 Å². The van der Waals surface area contributed by atoms with Crippen molar-refractivity contribution in [2.24, 2.45) is 0 Å². The van der Waals surface area contributed by atoms with Gasteiger partial charge in [-0.25, -0.2) is 13.1 Å². The third-order valence-electron chi connectivity index (χ3n) is 3.23. The number of ether oxygens (including phenoxy) is 1. The molecule has 0 bridgehead atoms. The van der Waals surface area contributed by atoms with Crippen molar-refractivity contribution in [2.45, 2.75) is 37.3 Å². The molecule has 1 aliphatic rings. The van der Waals surface area contributed by atoms with E-state index in [4.69, 9.17) is 4.74 Å². The lowest BCUT2D eigenvalue weighted by atomic mass is 10.1. The second-order valence-corrected chi connectivity index (χ2v) is 6.41. The van der Waals surface area contributed by atoms with E-state index in [2.05, 4.69) is 10.0 Å². The van der Waals surface area contributed by atoms with Crippen LogP contribution in [-0.2, 0) is 14.8 Å². The Bertz CT molecular complexity index is 513. The average molecular weight is 284 g/mol. The summed E-state index contributed by atoms with van der Waals surface area (Å²) in [5.74, 6) is 0. The van der Waals surface area contributed by atoms with E-state index in [0.29, 0.717) is 6.54 Å². The highest BCUT2D eigenvalue weighted by molar-refractivity contribution is 7.89. The zero-order chi connectivity index (χ0) is 13.9. The molecular weight excluding hydrogens is 264 g/mol. The summed E-state index contributed by atoms with van der Waals surface area (Å²) >= 11 is 0. The highest BCUT2D eigenvalue weighted by Gasteiger charge is 2.23. The van der Waals surface area contributed by atoms with Gasteiger partial charge in [0.05, 0.1) is 17.0 Å². The number of anilines is 1. The normalized spacial score (nSPS) is 23.5. The summed E-state index contributed by atoms with van der Waals surface area (Å²) in [6.07, 6.45) is 1.16. The molecule has 2 N–H and O–H groups in total. The number of benzene rings is 1. The predicted octanol–water partition coefficient (Wildman–Crippen LogP) is 1.57. The zero-order valence-corrected chi connectivity index (χ0v) is 12.0. The van der Waals surface area contributed by atoms with Gasteiger partial charge >= 0.3 is 0 Å². The van der Waals surface area contributed by atoms with Gasteiger partial charge in [0.25, 0.3) is 0 Å². The molecule has 1 aliphatic heterocycles. The van der Waals surface area contributed by atoms with Crippen molar-refractivity contribution in [3.8, 4) is 0 Å². The van der Waals surface area contributed by atoms with Crippen LogP contribution in [0.1, 0.15) is 20.3 Å². The maximum atomic E-state index is 11.8. The first kappa shape index (κ1) is 14.3. The fraction of sp³-hybridized carbons (Fsp3) is 0.538. The minimum atomic E-state index is -3.37. The van der Waals surface area contributed by atoms with E-state index in [0.717, 1.165) is 18.7 Å². The minimum Gasteiger partial charge on any atom is -0.380 e. The molecule has 2 unspecified atom stereocenters. The van der Waals surface area contributed by atoms with Crippen LogP contribution in [0.15, 0.2) is 29.2 Å². The Hall–Kier alpha value is -1.11. The molecule has 19 heavy (non-hydrogen) atoms. The monoisotopic (exact) mass is 284 g/mol. The number of nitrogens with one attached hydrogen (secondary N) is 2. The first-order chi connectivity index (χ1) is 9.03. The van der Waals surface area contributed by atoms with Gasteiger partial charge in [-0.3, -0.25) is 0 Å². The average Bonchev–Trinajstić information content (AvgIpc) is 2.76. The molecule has 5 nitrogen and oxygen atoms in total. The van der Waals surface area contributed by atoms with Crippen LogP contribution in [0.3, 0.4) is 0 Å². The van der Waals surface area contributed by atoms with Crippen LogP contribution in [-0.4, -0.2) is 33.7 Å². The Morgan fingerprint density at radius 1 is 1.32 bits per heavy atom. The molecule has 1 saturated heterocycles. The van der Waals surface area contributed by atoms with Crippen LogP contribution < -0.4 is 10.0 Å². The summed E-state index contributed by atoms with van der Waals surface area (Å²) in [5, 5.41) is 3.36. The maximum absolute atomic E-state index is 11.8. The highest BCUT2D eigenvalue weighted by atomic mass is 32.2. The Morgan fingerprint density at radius 2 is 2.00 bits per heavy atom. The molecule has 0 spiro atoms. The van der Waals surface area contributed by atoms with Gasteiger partial charge in [-0.05, 0) is 37.6 Å². The van der Waals surface area contributed by atoms with Gasteiger partial charge in [0, 0.05) is 18.8 Å². The van der Waals surface area contributed by atoms with Gasteiger partial charge in [0.15, 0.2) is 0 Å². The molecule has 1 aromatic carbocycles.